The molecule has 1 aliphatic heterocycles. The molecule has 0 amide bonds. The molecule has 25 heavy (non-hydrogen) atoms. The highest BCUT2D eigenvalue weighted by Gasteiger charge is 2.38. The molecule has 7 heteroatoms. The van der Waals surface area contributed by atoms with Crippen LogP contribution in [0.1, 0.15) is 22.7 Å². The number of ether oxygens (including phenoxy) is 2. The first-order valence-corrected chi connectivity index (χ1v) is 7.94. The molecule has 0 unspecified atom stereocenters. The molecule has 1 atom stereocenters. The molecular weight excluding hydrogens is 344 g/mol. The van der Waals surface area contributed by atoms with Gasteiger partial charge in [-0.3, -0.25) is 4.79 Å². The molecule has 6 nitrogen and oxygen atoms in total. The van der Waals surface area contributed by atoms with Crippen LogP contribution < -0.4 is 16.0 Å². The van der Waals surface area contributed by atoms with Crippen molar-refractivity contribution in [3.8, 4) is 5.75 Å². The summed E-state index contributed by atoms with van der Waals surface area (Å²) in [6.45, 7) is 1.79. The van der Waals surface area contributed by atoms with Crippen LogP contribution >= 0.6 is 11.6 Å². The van der Waals surface area contributed by atoms with Gasteiger partial charge in [0.2, 0.25) is 5.88 Å². The number of halogens is 1. The fourth-order valence-electron chi connectivity index (χ4n) is 2.97. The molecule has 2 heterocycles. The van der Waals surface area contributed by atoms with Crippen molar-refractivity contribution >= 4 is 17.6 Å². The first kappa shape index (κ1) is 17.1. The van der Waals surface area contributed by atoms with Crippen LogP contribution in [0.3, 0.4) is 0 Å². The summed E-state index contributed by atoms with van der Waals surface area (Å²) in [5, 5.41) is 0.484. The lowest BCUT2D eigenvalue weighted by Crippen LogP contribution is -2.34. The summed E-state index contributed by atoms with van der Waals surface area (Å²) >= 11 is 6.11. The van der Waals surface area contributed by atoms with Gasteiger partial charge in [0, 0.05) is 23.8 Å². The summed E-state index contributed by atoms with van der Waals surface area (Å²) in [6, 6.07) is 8.65. The average Bonchev–Trinajstić information content (AvgIpc) is 2.58. The number of nitrogens with zero attached hydrogens (tertiary/aromatic N) is 1. The Hall–Kier alpha value is -2.73. The molecule has 130 valence electrons. The van der Waals surface area contributed by atoms with E-state index in [0.717, 1.165) is 0 Å². The van der Waals surface area contributed by atoms with Crippen LogP contribution in [0.15, 0.2) is 46.6 Å². The summed E-state index contributed by atoms with van der Waals surface area (Å²) in [5.74, 6) is -1.14. The van der Waals surface area contributed by atoms with Crippen LogP contribution in [0.25, 0.3) is 0 Å². The van der Waals surface area contributed by atoms with Gasteiger partial charge in [-0.05, 0) is 24.6 Å². The quantitative estimate of drug-likeness (QED) is 0.830. The Morgan fingerprint density at radius 2 is 2.08 bits per heavy atom. The summed E-state index contributed by atoms with van der Waals surface area (Å²) in [6.07, 6.45) is 0. The van der Waals surface area contributed by atoms with Crippen LogP contribution in [-0.4, -0.2) is 17.6 Å². The van der Waals surface area contributed by atoms with Crippen molar-refractivity contribution in [1.82, 2.24) is 4.57 Å². The maximum atomic E-state index is 12.9. The molecule has 3 rings (SSSR count). The summed E-state index contributed by atoms with van der Waals surface area (Å²) in [5.41, 5.74) is 7.49. The van der Waals surface area contributed by atoms with E-state index < -0.39 is 11.9 Å². The number of aromatic nitrogens is 1. The molecule has 0 bridgehead atoms. The SMILES string of the molecule is COC(=O)C1=C(N)Oc2cc(C)n(C)c(=O)c2[C@@H]1c1cccc(Cl)c1. The molecule has 0 fully saturated rings. The van der Waals surface area contributed by atoms with Gasteiger partial charge in [0.25, 0.3) is 5.56 Å². The lowest BCUT2D eigenvalue weighted by molar-refractivity contribution is -0.136. The Morgan fingerprint density at radius 3 is 2.72 bits per heavy atom. The van der Waals surface area contributed by atoms with Gasteiger partial charge in [0.05, 0.1) is 18.6 Å². The van der Waals surface area contributed by atoms with Crippen LogP contribution in [0.2, 0.25) is 5.02 Å². The summed E-state index contributed by atoms with van der Waals surface area (Å²) in [4.78, 5) is 25.2. The zero-order valence-electron chi connectivity index (χ0n) is 14.0. The van der Waals surface area contributed by atoms with E-state index in [1.54, 1.807) is 44.3 Å². The molecule has 0 saturated carbocycles. The third-order valence-electron chi connectivity index (χ3n) is 4.32. The number of methoxy groups -OCH3 is 1. The number of rotatable bonds is 2. The highest BCUT2D eigenvalue weighted by Crippen LogP contribution is 2.41. The van der Waals surface area contributed by atoms with E-state index >= 15 is 0 Å². The average molecular weight is 361 g/mol. The van der Waals surface area contributed by atoms with Gasteiger partial charge in [-0.1, -0.05) is 23.7 Å². The van der Waals surface area contributed by atoms with Crippen molar-refractivity contribution in [3.63, 3.8) is 0 Å². The molecular formula is C18H17ClN2O4. The molecule has 0 radical (unpaired) electrons. The predicted octanol–water partition coefficient (Wildman–Crippen LogP) is 2.21. The molecule has 1 aromatic carbocycles. The van der Waals surface area contributed by atoms with E-state index in [2.05, 4.69) is 0 Å². The highest BCUT2D eigenvalue weighted by atomic mass is 35.5. The van der Waals surface area contributed by atoms with Crippen LogP contribution in [-0.2, 0) is 16.6 Å². The van der Waals surface area contributed by atoms with E-state index in [0.29, 0.717) is 27.6 Å². The van der Waals surface area contributed by atoms with Crippen molar-refractivity contribution in [1.29, 1.82) is 0 Å². The summed E-state index contributed by atoms with van der Waals surface area (Å²) < 4.78 is 11.9. The molecule has 0 aliphatic carbocycles. The lowest BCUT2D eigenvalue weighted by atomic mass is 9.83. The number of carbonyl (C=O) groups excluding carboxylic acids is 1. The van der Waals surface area contributed by atoms with Crippen LogP contribution in [0.4, 0.5) is 0 Å². The van der Waals surface area contributed by atoms with Crippen molar-refractivity contribution in [2.24, 2.45) is 12.8 Å². The second kappa shape index (κ2) is 6.29. The largest absolute Gasteiger partial charge is 0.465 e. The Bertz CT molecular complexity index is 962. The monoisotopic (exact) mass is 360 g/mol. The number of pyridine rings is 1. The zero-order valence-corrected chi connectivity index (χ0v) is 14.8. The minimum absolute atomic E-state index is 0.0817. The third kappa shape index (κ3) is 2.78. The fraction of sp³-hybridized carbons (Fsp3) is 0.222. The lowest BCUT2D eigenvalue weighted by Gasteiger charge is -2.28. The maximum Gasteiger partial charge on any atom is 0.340 e. The zero-order chi connectivity index (χ0) is 18.3. The molecule has 2 N–H and O–H groups in total. The normalized spacial score (nSPS) is 16.2. The standard InChI is InChI=1S/C18H17ClN2O4/c1-9-7-12-14(17(22)21(9)2)13(10-5-4-6-11(19)8-10)15(16(20)25-12)18(23)24-3/h4-8,13H,20H2,1-3H3/t13-/m0/s1. The predicted molar refractivity (Wildman–Crippen MR) is 93.6 cm³/mol. The van der Waals surface area contributed by atoms with Gasteiger partial charge < -0.3 is 19.8 Å². The van der Waals surface area contributed by atoms with Crippen LogP contribution in [0.5, 0.6) is 5.75 Å². The first-order chi connectivity index (χ1) is 11.8. The second-order valence-electron chi connectivity index (χ2n) is 5.79. The molecule has 0 spiro atoms. The van der Waals surface area contributed by atoms with E-state index in [9.17, 15) is 9.59 Å². The minimum Gasteiger partial charge on any atom is -0.465 e. The number of hydrogen-bond acceptors (Lipinski definition) is 5. The Morgan fingerprint density at radius 1 is 1.36 bits per heavy atom. The number of fused-ring (bicyclic) bond motifs is 1. The molecule has 1 aromatic heterocycles. The minimum atomic E-state index is -0.728. The third-order valence-corrected chi connectivity index (χ3v) is 4.55. The Balaban J connectivity index is 2.36. The maximum absolute atomic E-state index is 12.9. The van der Waals surface area contributed by atoms with E-state index in [1.807, 2.05) is 0 Å². The Kier molecular flexibility index (Phi) is 4.30. The van der Waals surface area contributed by atoms with Crippen molar-refractivity contribution in [2.75, 3.05) is 7.11 Å². The van der Waals surface area contributed by atoms with Crippen molar-refractivity contribution in [3.05, 3.63) is 74.0 Å². The van der Waals surface area contributed by atoms with Gasteiger partial charge >= 0.3 is 5.97 Å². The van der Waals surface area contributed by atoms with Gasteiger partial charge in [0.15, 0.2) is 0 Å². The smallest absolute Gasteiger partial charge is 0.340 e. The van der Waals surface area contributed by atoms with Crippen molar-refractivity contribution < 1.29 is 14.3 Å². The van der Waals surface area contributed by atoms with E-state index in [4.69, 9.17) is 26.8 Å². The van der Waals surface area contributed by atoms with Crippen molar-refractivity contribution in [2.45, 2.75) is 12.8 Å². The number of aryl methyl sites for hydroxylation is 1. The van der Waals surface area contributed by atoms with E-state index in [1.165, 1.54) is 11.7 Å². The fourth-order valence-corrected chi connectivity index (χ4v) is 3.17. The highest BCUT2D eigenvalue weighted by molar-refractivity contribution is 6.30. The molecule has 1 aliphatic rings. The Labute approximate surface area is 149 Å². The molecule has 2 aromatic rings. The first-order valence-electron chi connectivity index (χ1n) is 7.57. The number of hydrogen-bond donors (Lipinski definition) is 1. The second-order valence-corrected chi connectivity index (χ2v) is 6.22. The van der Waals surface area contributed by atoms with Gasteiger partial charge in [0.1, 0.15) is 11.3 Å². The number of nitrogens with two attached hydrogens (primary N) is 1. The van der Waals surface area contributed by atoms with Crippen LogP contribution in [0, 0.1) is 6.92 Å². The number of carbonyl (C=O) groups is 1. The molecule has 0 saturated heterocycles. The van der Waals surface area contributed by atoms with E-state index in [-0.39, 0.29) is 17.0 Å². The topological polar surface area (TPSA) is 83.5 Å². The summed E-state index contributed by atoms with van der Waals surface area (Å²) in [7, 11) is 2.91. The van der Waals surface area contributed by atoms with Gasteiger partial charge in [-0.2, -0.15) is 0 Å². The van der Waals surface area contributed by atoms with Gasteiger partial charge in [-0.15, -0.1) is 0 Å². The number of esters is 1. The number of benzene rings is 1. The van der Waals surface area contributed by atoms with Gasteiger partial charge in [-0.25, -0.2) is 4.79 Å².